The Bertz CT molecular complexity index is 829. The van der Waals surface area contributed by atoms with Crippen LogP contribution in [-0.4, -0.2) is 27.4 Å². The van der Waals surface area contributed by atoms with Gasteiger partial charge in [-0.25, -0.2) is 4.98 Å². The van der Waals surface area contributed by atoms with Crippen LogP contribution in [0.2, 0.25) is 5.02 Å². The van der Waals surface area contributed by atoms with Gasteiger partial charge < -0.3 is 14.4 Å². The van der Waals surface area contributed by atoms with Crippen molar-refractivity contribution in [3.63, 3.8) is 0 Å². The van der Waals surface area contributed by atoms with Crippen molar-refractivity contribution in [2.75, 3.05) is 6.61 Å². The number of hydrogen-bond donors (Lipinski definition) is 1. The molecule has 0 bridgehead atoms. The molecule has 1 heterocycles. The summed E-state index contributed by atoms with van der Waals surface area (Å²) >= 11 is 5.91. The van der Waals surface area contributed by atoms with Crippen LogP contribution in [0.4, 0.5) is 0 Å². The van der Waals surface area contributed by atoms with Crippen LogP contribution < -0.4 is 4.74 Å². The molecule has 120 valence electrons. The Hall–Kier alpha value is -2.04. The molecule has 1 atom stereocenters. The lowest BCUT2D eigenvalue weighted by atomic mass is 10.1. The number of aromatic nitrogens is 2. The fourth-order valence-corrected chi connectivity index (χ4v) is 2.67. The Labute approximate surface area is 140 Å². The molecule has 0 fully saturated rings. The second kappa shape index (κ2) is 6.60. The fraction of sp³-hybridized carbons (Fsp3) is 0.278. The summed E-state index contributed by atoms with van der Waals surface area (Å²) in [6, 6.07) is 11.3. The minimum atomic E-state index is -0.631. The Kier molecular flexibility index (Phi) is 4.55. The average molecular weight is 331 g/mol. The number of fused-ring (bicyclic) bond motifs is 1. The van der Waals surface area contributed by atoms with Gasteiger partial charge in [0.25, 0.3) is 0 Å². The van der Waals surface area contributed by atoms with Crippen molar-refractivity contribution in [2.45, 2.75) is 26.5 Å². The lowest BCUT2D eigenvalue weighted by Gasteiger charge is -2.14. The molecular weight excluding hydrogens is 312 g/mol. The molecule has 0 saturated carbocycles. The van der Waals surface area contributed by atoms with Gasteiger partial charge in [0.05, 0.1) is 23.9 Å². The summed E-state index contributed by atoms with van der Waals surface area (Å²) in [7, 11) is 0. The van der Waals surface area contributed by atoms with Crippen molar-refractivity contribution >= 4 is 22.6 Å². The number of imidazole rings is 1. The van der Waals surface area contributed by atoms with E-state index < -0.39 is 6.10 Å². The van der Waals surface area contributed by atoms with Crippen LogP contribution >= 0.6 is 11.6 Å². The van der Waals surface area contributed by atoms with E-state index in [4.69, 9.17) is 16.3 Å². The number of aliphatic hydroxyl groups is 1. The van der Waals surface area contributed by atoms with Gasteiger partial charge in [0.1, 0.15) is 18.5 Å². The quantitative estimate of drug-likeness (QED) is 0.775. The molecule has 0 unspecified atom stereocenters. The van der Waals surface area contributed by atoms with E-state index in [0.717, 1.165) is 11.0 Å². The van der Waals surface area contributed by atoms with Gasteiger partial charge in [-0.2, -0.15) is 0 Å². The molecule has 0 aliphatic rings. The van der Waals surface area contributed by atoms with Crippen LogP contribution in [0.5, 0.6) is 5.75 Å². The summed E-state index contributed by atoms with van der Waals surface area (Å²) in [5, 5.41) is 10.8. The Morgan fingerprint density at radius 2 is 2.00 bits per heavy atom. The second-order valence-corrected chi connectivity index (χ2v) is 6.18. The minimum absolute atomic E-state index is 0.199. The van der Waals surface area contributed by atoms with Crippen LogP contribution in [-0.2, 0) is 6.54 Å². The largest absolute Gasteiger partial charge is 0.491 e. The molecule has 0 aliphatic heterocycles. The third-order valence-electron chi connectivity index (χ3n) is 3.88. The molecule has 1 aromatic heterocycles. The lowest BCUT2D eigenvalue weighted by Crippen LogP contribution is -2.23. The zero-order chi connectivity index (χ0) is 16.4. The van der Waals surface area contributed by atoms with Gasteiger partial charge in [0, 0.05) is 5.02 Å². The summed E-state index contributed by atoms with van der Waals surface area (Å²) in [4.78, 5) is 4.40. The van der Waals surface area contributed by atoms with E-state index in [1.165, 1.54) is 11.1 Å². The third kappa shape index (κ3) is 3.66. The van der Waals surface area contributed by atoms with Crippen molar-refractivity contribution < 1.29 is 9.84 Å². The zero-order valence-corrected chi connectivity index (χ0v) is 13.9. The van der Waals surface area contributed by atoms with Gasteiger partial charge in [0.15, 0.2) is 0 Å². The standard InChI is InChI=1S/C18H19ClN2O2/c1-12-6-17-18(7-13(12)2)21(11-20-17)9-15(22)10-23-16-5-3-4-14(19)8-16/h3-8,11,15,22H,9-10H2,1-2H3/t15-/m1/s1. The van der Waals surface area contributed by atoms with Gasteiger partial charge in [-0.15, -0.1) is 0 Å². The van der Waals surface area contributed by atoms with Crippen molar-refractivity contribution in [1.82, 2.24) is 9.55 Å². The van der Waals surface area contributed by atoms with Crippen LogP contribution in [0.1, 0.15) is 11.1 Å². The number of nitrogens with zero attached hydrogens (tertiary/aromatic N) is 2. The first-order valence-electron chi connectivity index (χ1n) is 7.51. The van der Waals surface area contributed by atoms with Crippen molar-refractivity contribution in [2.24, 2.45) is 0 Å². The number of aryl methyl sites for hydroxylation is 2. The van der Waals surface area contributed by atoms with Gasteiger partial charge in [0.2, 0.25) is 0 Å². The van der Waals surface area contributed by atoms with Gasteiger partial charge in [-0.3, -0.25) is 0 Å². The van der Waals surface area contributed by atoms with Gasteiger partial charge >= 0.3 is 0 Å². The van der Waals surface area contributed by atoms with Crippen molar-refractivity contribution in [3.05, 3.63) is 58.9 Å². The molecule has 23 heavy (non-hydrogen) atoms. The Balaban J connectivity index is 1.68. The predicted molar refractivity (Wildman–Crippen MR) is 92.2 cm³/mol. The van der Waals surface area contributed by atoms with E-state index in [1.807, 2.05) is 16.7 Å². The Morgan fingerprint density at radius 1 is 1.22 bits per heavy atom. The van der Waals surface area contributed by atoms with E-state index in [-0.39, 0.29) is 6.61 Å². The normalized spacial score (nSPS) is 12.5. The Morgan fingerprint density at radius 3 is 2.78 bits per heavy atom. The molecule has 0 saturated heterocycles. The number of hydrogen-bond acceptors (Lipinski definition) is 3. The van der Waals surface area contributed by atoms with Crippen LogP contribution in [0.3, 0.4) is 0 Å². The number of benzene rings is 2. The first kappa shape index (κ1) is 15.8. The molecule has 3 rings (SSSR count). The summed E-state index contributed by atoms with van der Waals surface area (Å²) in [6.45, 7) is 4.77. The summed E-state index contributed by atoms with van der Waals surface area (Å²) < 4.78 is 7.54. The molecule has 2 aromatic carbocycles. The number of ether oxygens (including phenoxy) is 1. The predicted octanol–water partition coefficient (Wildman–Crippen LogP) is 3.75. The second-order valence-electron chi connectivity index (χ2n) is 5.74. The van der Waals surface area contributed by atoms with Gasteiger partial charge in [-0.05, 0) is 55.3 Å². The number of aliphatic hydroxyl groups excluding tert-OH is 1. The smallest absolute Gasteiger partial charge is 0.120 e. The van der Waals surface area contributed by atoms with Crippen LogP contribution in [0, 0.1) is 13.8 Å². The number of halogens is 1. The van der Waals surface area contributed by atoms with E-state index in [9.17, 15) is 5.11 Å². The molecule has 0 amide bonds. The topological polar surface area (TPSA) is 47.3 Å². The highest BCUT2D eigenvalue weighted by Crippen LogP contribution is 2.20. The SMILES string of the molecule is Cc1cc2ncn(C[C@@H](O)COc3cccc(Cl)c3)c2cc1C. The third-order valence-corrected chi connectivity index (χ3v) is 4.12. The van der Waals surface area contributed by atoms with E-state index in [1.54, 1.807) is 18.5 Å². The molecule has 5 heteroatoms. The molecule has 3 aromatic rings. The highest BCUT2D eigenvalue weighted by molar-refractivity contribution is 6.30. The molecule has 0 aliphatic carbocycles. The van der Waals surface area contributed by atoms with Crippen molar-refractivity contribution in [3.8, 4) is 5.75 Å². The summed E-state index contributed by atoms with van der Waals surface area (Å²) in [5.41, 5.74) is 4.39. The van der Waals surface area contributed by atoms with E-state index >= 15 is 0 Å². The summed E-state index contributed by atoms with van der Waals surface area (Å²) in [5.74, 6) is 0.651. The average Bonchev–Trinajstić information content (AvgIpc) is 2.88. The molecular formula is C18H19ClN2O2. The first-order valence-corrected chi connectivity index (χ1v) is 7.89. The first-order chi connectivity index (χ1) is 11.0. The highest BCUT2D eigenvalue weighted by atomic mass is 35.5. The maximum absolute atomic E-state index is 10.2. The van der Waals surface area contributed by atoms with E-state index in [0.29, 0.717) is 17.3 Å². The lowest BCUT2D eigenvalue weighted by molar-refractivity contribution is 0.0934. The van der Waals surface area contributed by atoms with E-state index in [2.05, 4.69) is 31.0 Å². The summed E-state index contributed by atoms with van der Waals surface area (Å²) in [6.07, 6.45) is 1.12. The minimum Gasteiger partial charge on any atom is -0.491 e. The molecule has 0 radical (unpaired) electrons. The monoisotopic (exact) mass is 330 g/mol. The van der Waals surface area contributed by atoms with Gasteiger partial charge in [-0.1, -0.05) is 17.7 Å². The maximum Gasteiger partial charge on any atom is 0.120 e. The molecule has 1 N–H and O–H groups in total. The highest BCUT2D eigenvalue weighted by Gasteiger charge is 2.11. The van der Waals surface area contributed by atoms with Crippen molar-refractivity contribution in [1.29, 1.82) is 0 Å². The maximum atomic E-state index is 10.2. The number of rotatable bonds is 5. The van der Waals surface area contributed by atoms with Crippen LogP contribution in [0.25, 0.3) is 11.0 Å². The molecule has 4 nitrogen and oxygen atoms in total. The van der Waals surface area contributed by atoms with Crippen LogP contribution in [0.15, 0.2) is 42.7 Å². The fourth-order valence-electron chi connectivity index (χ4n) is 2.49. The zero-order valence-electron chi connectivity index (χ0n) is 13.2. The molecule has 0 spiro atoms.